The highest BCUT2D eigenvalue weighted by molar-refractivity contribution is 6.04. The van der Waals surface area contributed by atoms with E-state index in [0.29, 0.717) is 43.0 Å². The summed E-state index contributed by atoms with van der Waals surface area (Å²) in [5.74, 6) is 3.63. The largest absolute Gasteiger partial charge is 0.592 e. The molecular weight excluding hydrogens is 681 g/mol. The Morgan fingerprint density at radius 2 is 1.87 bits per heavy atom. The number of ether oxygens (including phenoxy) is 2. The Kier molecular flexibility index (Phi) is 14.7. The van der Waals surface area contributed by atoms with Gasteiger partial charge in [-0.05, 0) is 100 Å². The number of aryl methyl sites for hydroxylation is 1. The van der Waals surface area contributed by atoms with Gasteiger partial charge < -0.3 is 46.3 Å². The van der Waals surface area contributed by atoms with Gasteiger partial charge in [0.05, 0.1) is 24.5 Å². The van der Waals surface area contributed by atoms with Crippen LogP contribution in [0.3, 0.4) is 0 Å². The third-order valence-electron chi connectivity index (χ3n) is 13.1. The Morgan fingerprint density at radius 1 is 1.07 bits per heavy atom. The summed E-state index contributed by atoms with van der Waals surface area (Å²) >= 11 is 0. The number of hydrogen-bond acceptors (Lipinski definition) is 10. The van der Waals surface area contributed by atoms with Crippen molar-refractivity contribution in [2.75, 3.05) is 39.9 Å². The van der Waals surface area contributed by atoms with E-state index in [9.17, 15) is 20.4 Å². The average Bonchev–Trinajstić information content (AvgIpc) is 3.98. The standard InChI is InChI=1S/C44H68N4O6/c1-29(50)25-47-38(26-46-2)43-33-11-10-12-35(33)44(18-7-8-19-44)24-37-34(43)23-36(48-37)40(52)28-53-42-21-30(15-17-39(42)51)14-16-32-22-31(27-49)41(54-32)13-6-4-3-5-9-20-45/h15,17,21-23,29,33,35,38,40-41,43,46-47,49-52H,3-14,16,18-20,24-28,45H2,1-2H3/t29-,33+,35-,38-,40-,41?,43-/m0/s1. The van der Waals surface area contributed by atoms with Crippen molar-refractivity contribution in [3.8, 4) is 11.5 Å². The molecule has 2 heterocycles. The first kappa shape index (κ1) is 40.9. The number of phenols is 1. The molecule has 300 valence electrons. The van der Waals surface area contributed by atoms with Gasteiger partial charge in [0.1, 0.15) is 12.2 Å². The van der Waals surface area contributed by atoms with Gasteiger partial charge in [-0.25, -0.2) is 0 Å². The molecule has 10 nitrogen and oxygen atoms in total. The summed E-state index contributed by atoms with van der Waals surface area (Å²) in [5.41, 5.74) is 9.26. The van der Waals surface area contributed by atoms with E-state index in [2.05, 4.69) is 16.7 Å². The topological polar surface area (TPSA) is 162 Å². The molecule has 3 saturated carbocycles. The van der Waals surface area contributed by atoms with Gasteiger partial charge in [0.15, 0.2) is 29.4 Å². The van der Waals surface area contributed by atoms with E-state index in [1.54, 1.807) is 6.07 Å². The fourth-order valence-corrected chi connectivity index (χ4v) is 10.5. The Hall–Kier alpha value is -2.73. The first-order valence-electron chi connectivity index (χ1n) is 21.1. The van der Waals surface area contributed by atoms with Crippen LogP contribution in [0.25, 0.3) is 0 Å². The van der Waals surface area contributed by atoms with Crippen LogP contribution in [0, 0.1) is 35.1 Å². The Balaban J connectivity index is 1.09. The van der Waals surface area contributed by atoms with Crippen LogP contribution in [0.15, 0.2) is 46.7 Å². The number of fused-ring (bicyclic) bond motifs is 3. The fourth-order valence-electron chi connectivity index (χ4n) is 10.5. The van der Waals surface area contributed by atoms with Crippen molar-refractivity contribution < 1.29 is 29.9 Å². The quantitative estimate of drug-likeness (QED) is 0.0620. The molecule has 0 bridgehead atoms. The van der Waals surface area contributed by atoms with Crippen LogP contribution >= 0.6 is 0 Å². The van der Waals surface area contributed by atoms with E-state index in [0.717, 1.165) is 74.6 Å². The smallest absolute Gasteiger partial charge is 0.190 e. The molecule has 54 heavy (non-hydrogen) atoms. The highest BCUT2D eigenvalue weighted by Crippen LogP contribution is 2.61. The predicted octanol–water partition coefficient (Wildman–Crippen LogP) is 5.68. The lowest BCUT2D eigenvalue weighted by molar-refractivity contribution is 0.101. The van der Waals surface area contributed by atoms with Gasteiger partial charge in [0.25, 0.3) is 0 Å². The molecule has 7 atom stereocenters. The van der Waals surface area contributed by atoms with Gasteiger partial charge in [-0.15, -0.1) is 4.99 Å². The number of phenolic OH excluding ortho intramolecular Hbond substituents is 1. The molecule has 0 radical (unpaired) electrons. The van der Waals surface area contributed by atoms with Crippen LogP contribution in [-0.4, -0.2) is 90.4 Å². The lowest BCUT2D eigenvalue weighted by Gasteiger charge is -2.39. The number of benzene rings is 1. The molecule has 3 aliphatic carbocycles. The normalized spacial score (nSPS) is 26.1. The van der Waals surface area contributed by atoms with Crippen molar-refractivity contribution in [3.05, 3.63) is 59.2 Å². The lowest BCUT2D eigenvalue weighted by Crippen LogP contribution is -2.49. The summed E-state index contributed by atoms with van der Waals surface area (Å²) < 4.78 is 12.4. The molecule has 0 saturated heterocycles. The third-order valence-corrected chi connectivity index (χ3v) is 13.1. The molecule has 8 N–H and O–H groups in total. The summed E-state index contributed by atoms with van der Waals surface area (Å²) in [6.07, 6.45) is 20.3. The molecule has 1 unspecified atom stereocenters. The SMILES string of the molecule is CNC[C@H](NC[C@H](C)O)[C@@H]1C2=C[C+]([C@@H](O)COc3cc(CCC4=C[C-](CO)C(CCCCCCCN)O4)ccc3O)N=C2CC2(CCCC2)[C@H]2CCC[C@@H]12. The van der Waals surface area contributed by atoms with Crippen molar-refractivity contribution in [3.63, 3.8) is 0 Å². The number of nitrogens with zero attached hydrogens (tertiary/aromatic N) is 1. The van der Waals surface area contributed by atoms with Crippen LogP contribution in [-0.2, 0) is 11.2 Å². The average molecular weight is 749 g/mol. The fraction of sp³-hybridized carbons (Fsp3) is 0.705. The number of nitrogens with two attached hydrogens (primary N) is 1. The van der Waals surface area contributed by atoms with Crippen molar-refractivity contribution in [1.29, 1.82) is 0 Å². The van der Waals surface area contributed by atoms with Crippen molar-refractivity contribution >= 4 is 5.71 Å². The summed E-state index contributed by atoms with van der Waals surface area (Å²) in [5, 5.41) is 49.6. The summed E-state index contributed by atoms with van der Waals surface area (Å²) in [6, 6.07) is 6.15. The van der Waals surface area contributed by atoms with Gasteiger partial charge >= 0.3 is 0 Å². The lowest BCUT2D eigenvalue weighted by atomic mass is 9.65. The molecule has 3 fully saturated rings. The highest BCUT2D eigenvalue weighted by atomic mass is 16.5. The minimum absolute atomic E-state index is 0.00112. The van der Waals surface area contributed by atoms with Crippen LogP contribution in [0.2, 0.25) is 0 Å². The van der Waals surface area contributed by atoms with Gasteiger partial charge in [-0.2, -0.15) is 12.0 Å². The monoisotopic (exact) mass is 749 g/mol. The molecule has 1 aromatic rings. The first-order valence-corrected chi connectivity index (χ1v) is 21.1. The van der Waals surface area contributed by atoms with E-state index in [1.165, 1.54) is 56.9 Å². The number of aromatic hydroxyl groups is 1. The van der Waals surface area contributed by atoms with Crippen molar-refractivity contribution in [2.24, 2.45) is 33.9 Å². The molecular formula is C44H68N4O6. The molecule has 5 aliphatic rings. The second-order valence-electron chi connectivity index (χ2n) is 16.9. The molecule has 2 aliphatic heterocycles. The van der Waals surface area contributed by atoms with E-state index >= 15 is 0 Å². The number of likely N-dealkylation sites (N-methyl/N-ethyl adjacent to an activating group) is 1. The number of aliphatic hydroxyl groups excluding tert-OH is 3. The van der Waals surface area contributed by atoms with Gasteiger partial charge in [-0.1, -0.05) is 63.2 Å². The summed E-state index contributed by atoms with van der Waals surface area (Å²) in [6.45, 7) is 3.88. The molecule has 10 heteroatoms. The van der Waals surface area contributed by atoms with Crippen LogP contribution in [0.4, 0.5) is 0 Å². The number of unbranched alkanes of at least 4 members (excludes halogenated alkanes) is 4. The Bertz CT molecular complexity index is 1440. The minimum atomic E-state index is -0.949. The zero-order valence-corrected chi connectivity index (χ0v) is 32.9. The van der Waals surface area contributed by atoms with E-state index < -0.39 is 12.2 Å². The number of aliphatic imine (C=N–C) groups is 1. The maximum atomic E-state index is 11.6. The van der Waals surface area contributed by atoms with E-state index in [4.69, 9.17) is 20.2 Å². The van der Waals surface area contributed by atoms with Crippen molar-refractivity contribution in [2.45, 2.75) is 134 Å². The molecule has 0 aromatic heterocycles. The van der Waals surface area contributed by atoms with Crippen molar-refractivity contribution in [1.82, 2.24) is 10.6 Å². The second-order valence-corrected chi connectivity index (χ2v) is 16.9. The number of nitrogens with one attached hydrogen (secondary N) is 2. The van der Waals surface area contributed by atoms with Crippen LogP contribution < -0.4 is 21.1 Å². The summed E-state index contributed by atoms with van der Waals surface area (Å²) in [4.78, 5) is 5.19. The maximum Gasteiger partial charge on any atom is 0.190 e. The zero-order valence-electron chi connectivity index (χ0n) is 32.9. The number of rotatable bonds is 21. The molecule has 1 aromatic carbocycles. The second kappa shape index (κ2) is 19.4. The van der Waals surface area contributed by atoms with Gasteiger partial charge in [0.2, 0.25) is 0 Å². The summed E-state index contributed by atoms with van der Waals surface area (Å²) in [7, 11) is 2.00. The minimum Gasteiger partial charge on any atom is -0.592 e. The van der Waals surface area contributed by atoms with Gasteiger partial charge in [-0.3, -0.25) is 0 Å². The Labute approximate surface area is 324 Å². The number of aliphatic hydroxyl groups is 3. The number of allylic oxidation sites excluding steroid dienone is 1. The highest BCUT2D eigenvalue weighted by Gasteiger charge is 2.58. The predicted molar refractivity (Wildman–Crippen MR) is 214 cm³/mol. The Morgan fingerprint density at radius 3 is 2.63 bits per heavy atom. The van der Waals surface area contributed by atoms with Crippen LogP contribution in [0.1, 0.15) is 109 Å². The maximum absolute atomic E-state index is 11.6. The zero-order chi connectivity index (χ0) is 38.1. The third kappa shape index (κ3) is 9.79. The molecule has 1 spiro atoms. The molecule has 0 amide bonds. The first-order chi connectivity index (χ1) is 26.2. The number of hydrogen-bond donors (Lipinski definition) is 7. The van der Waals surface area contributed by atoms with E-state index in [1.807, 2.05) is 32.2 Å². The van der Waals surface area contributed by atoms with Crippen LogP contribution in [0.5, 0.6) is 11.5 Å². The molecule has 6 rings (SSSR count). The van der Waals surface area contributed by atoms with Gasteiger partial charge in [0, 0.05) is 31.8 Å². The van der Waals surface area contributed by atoms with E-state index in [-0.39, 0.29) is 42.4 Å².